The lowest BCUT2D eigenvalue weighted by molar-refractivity contribution is 0.634. The van der Waals surface area contributed by atoms with Gasteiger partial charge in [-0.3, -0.25) is 0 Å². The smallest absolute Gasteiger partial charge is 0.0641 e. The summed E-state index contributed by atoms with van der Waals surface area (Å²) in [5, 5.41) is 3.28. The average Bonchev–Trinajstić information content (AvgIpc) is 3.56. The van der Waals surface area contributed by atoms with Gasteiger partial charge in [-0.05, 0) is 108 Å². The number of rotatable bonds is 5. The number of benzene rings is 6. The zero-order valence-corrected chi connectivity index (χ0v) is 26.4. The van der Waals surface area contributed by atoms with E-state index in [9.17, 15) is 0 Å². The van der Waals surface area contributed by atoms with Crippen LogP contribution in [-0.4, -0.2) is 8.80 Å². The number of allylic oxidation sites excluding steroid dienone is 1. The van der Waals surface area contributed by atoms with E-state index in [0.717, 1.165) is 6.42 Å². The quantitative estimate of drug-likeness (QED) is 0.179. The summed E-state index contributed by atoms with van der Waals surface area (Å²) in [5.74, 6) is 0.619. The van der Waals surface area contributed by atoms with Crippen LogP contribution >= 0.6 is 0 Å². The Bertz CT molecular complexity index is 2060. The van der Waals surface area contributed by atoms with Crippen LogP contribution in [0.2, 0.25) is 0 Å². The number of hydrogen-bond acceptors (Lipinski definition) is 0. The molecule has 44 heavy (non-hydrogen) atoms. The molecule has 6 aromatic rings. The summed E-state index contributed by atoms with van der Waals surface area (Å²) in [6, 6.07) is 50.4. The van der Waals surface area contributed by atoms with Crippen LogP contribution in [0, 0.1) is 5.92 Å². The molecule has 0 N–H and O–H groups in total. The van der Waals surface area contributed by atoms with E-state index in [1.165, 1.54) is 61.2 Å². The maximum Gasteiger partial charge on any atom is 0.116 e. The summed E-state index contributed by atoms with van der Waals surface area (Å²) in [4.78, 5) is 0. The van der Waals surface area contributed by atoms with Crippen LogP contribution in [0.4, 0.5) is 0 Å². The second-order valence-corrected chi connectivity index (χ2v) is 16.0. The molecule has 0 nitrogen and oxygen atoms in total. The molecule has 9 rings (SSSR count). The normalized spacial score (nSPS) is 16.8. The Morgan fingerprint density at radius 2 is 1.14 bits per heavy atom. The monoisotopic (exact) mass is 578 g/mol. The lowest BCUT2D eigenvalue weighted by Gasteiger charge is -2.26. The Hall–Kier alpha value is -4.72. The maximum atomic E-state index is 2.58. The van der Waals surface area contributed by atoms with E-state index < -0.39 is 8.80 Å². The van der Waals surface area contributed by atoms with Crippen LogP contribution in [-0.2, 0) is 0 Å². The molecule has 2 bridgehead atoms. The second-order valence-electron chi connectivity index (χ2n) is 13.1. The van der Waals surface area contributed by atoms with Crippen molar-refractivity contribution in [1.29, 1.82) is 0 Å². The van der Waals surface area contributed by atoms with Crippen LogP contribution in [0.3, 0.4) is 0 Å². The van der Waals surface area contributed by atoms with E-state index in [0.29, 0.717) is 11.5 Å². The van der Waals surface area contributed by atoms with Crippen molar-refractivity contribution in [2.24, 2.45) is 5.92 Å². The molecule has 2 unspecified atom stereocenters. The highest BCUT2D eigenvalue weighted by molar-refractivity contribution is 6.92. The summed E-state index contributed by atoms with van der Waals surface area (Å²) < 4.78 is 0. The molecule has 2 atom stereocenters. The Morgan fingerprint density at radius 3 is 1.82 bits per heavy atom. The first-order valence-electron chi connectivity index (χ1n) is 16.0. The standard InChI is InChI=1S/C43H34Si/c1-27(2)22-34-23-30-20-21-36-38-18-11-17-37-35-16-9-10-19-39(35)44(43(37)38)42(34)41(30)40(36)33-25-31(28-12-5-3-6-13-28)24-32(26-33)29-14-7-4-8-15-29/h3-21,23-27,42,44H,22H2,1-2H3. The number of fused-ring (bicyclic) bond motifs is 6. The first-order valence-corrected chi connectivity index (χ1v) is 17.8. The van der Waals surface area contributed by atoms with Crippen molar-refractivity contribution < 1.29 is 0 Å². The topological polar surface area (TPSA) is 0 Å². The van der Waals surface area contributed by atoms with Crippen LogP contribution in [0.15, 0.2) is 139 Å². The van der Waals surface area contributed by atoms with Crippen molar-refractivity contribution in [1.82, 2.24) is 0 Å². The van der Waals surface area contributed by atoms with Crippen LogP contribution in [0.5, 0.6) is 0 Å². The molecule has 1 heteroatoms. The van der Waals surface area contributed by atoms with Gasteiger partial charge < -0.3 is 0 Å². The number of hydrogen-bond donors (Lipinski definition) is 0. The average molecular weight is 579 g/mol. The van der Waals surface area contributed by atoms with Gasteiger partial charge in [0.1, 0.15) is 8.80 Å². The zero-order chi connectivity index (χ0) is 29.4. The van der Waals surface area contributed by atoms with Gasteiger partial charge >= 0.3 is 0 Å². The zero-order valence-electron chi connectivity index (χ0n) is 25.2. The molecular weight excluding hydrogens is 545 g/mol. The van der Waals surface area contributed by atoms with Gasteiger partial charge in [0.05, 0.1) is 0 Å². The lowest BCUT2D eigenvalue weighted by Crippen LogP contribution is -2.44. The minimum Gasteiger partial charge on any atom is -0.0641 e. The van der Waals surface area contributed by atoms with E-state index in [-0.39, 0.29) is 0 Å². The Morgan fingerprint density at radius 1 is 0.545 bits per heavy atom. The van der Waals surface area contributed by atoms with Crippen molar-refractivity contribution in [3.05, 3.63) is 150 Å². The molecule has 0 saturated carbocycles. The van der Waals surface area contributed by atoms with Gasteiger partial charge in [-0.15, -0.1) is 0 Å². The first kappa shape index (κ1) is 25.7. The molecule has 0 saturated heterocycles. The fourth-order valence-corrected chi connectivity index (χ4v) is 12.8. The summed E-state index contributed by atoms with van der Waals surface area (Å²) in [6.07, 6.45) is 3.73. The van der Waals surface area contributed by atoms with Crippen molar-refractivity contribution in [3.8, 4) is 55.6 Å². The van der Waals surface area contributed by atoms with Gasteiger partial charge in [-0.2, -0.15) is 0 Å². The van der Waals surface area contributed by atoms with Gasteiger partial charge in [0.25, 0.3) is 0 Å². The minimum atomic E-state index is -1.63. The summed E-state index contributed by atoms with van der Waals surface area (Å²) in [6.45, 7) is 4.76. The fourth-order valence-electron chi connectivity index (χ4n) is 8.40. The third-order valence-electron chi connectivity index (χ3n) is 10.0. The first-order chi connectivity index (χ1) is 21.7. The lowest BCUT2D eigenvalue weighted by atomic mass is 9.84. The molecule has 3 aliphatic rings. The van der Waals surface area contributed by atoms with Crippen molar-refractivity contribution in [2.75, 3.05) is 0 Å². The molecule has 0 spiro atoms. The Kier molecular flexibility index (Phi) is 5.80. The highest BCUT2D eigenvalue weighted by Gasteiger charge is 2.46. The van der Waals surface area contributed by atoms with Crippen LogP contribution < -0.4 is 10.4 Å². The van der Waals surface area contributed by atoms with E-state index in [1.807, 2.05) is 0 Å². The third kappa shape index (κ3) is 3.82. The third-order valence-corrected chi connectivity index (χ3v) is 13.9. The van der Waals surface area contributed by atoms with E-state index in [2.05, 4.69) is 153 Å². The van der Waals surface area contributed by atoms with Gasteiger partial charge in [0, 0.05) is 5.54 Å². The molecule has 2 heterocycles. The molecule has 0 radical (unpaired) electrons. The molecule has 210 valence electrons. The molecule has 0 fully saturated rings. The van der Waals surface area contributed by atoms with Gasteiger partial charge in [0.15, 0.2) is 0 Å². The van der Waals surface area contributed by atoms with E-state index >= 15 is 0 Å². The highest BCUT2D eigenvalue weighted by Crippen LogP contribution is 2.53. The molecule has 0 aromatic heterocycles. The largest absolute Gasteiger partial charge is 0.116 e. The summed E-state index contributed by atoms with van der Waals surface area (Å²) >= 11 is 0. The van der Waals surface area contributed by atoms with Gasteiger partial charge in [-0.25, -0.2) is 0 Å². The Labute approximate surface area is 262 Å². The molecule has 0 amide bonds. The van der Waals surface area contributed by atoms with Crippen LogP contribution in [0.25, 0.3) is 61.7 Å². The van der Waals surface area contributed by atoms with Crippen LogP contribution in [0.1, 0.15) is 36.9 Å². The van der Waals surface area contributed by atoms with E-state index in [4.69, 9.17) is 0 Å². The van der Waals surface area contributed by atoms with Crippen molar-refractivity contribution in [2.45, 2.75) is 25.8 Å². The molecule has 2 aliphatic heterocycles. The fraction of sp³-hybridized carbons (Fsp3) is 0.116. The predicted molar refractivity (Wildman–Crippen MR) is 190 cm³/mol. The van der Waals surface area contributed by atoms with E-state index in [1.54, 1.807) is 21.5 Å². The Balaban J connectivity index is 1.37. The summed E-state index contributed by atoms with van der Waals surface area (Å²) in [5.41, 5.74) is 18.8. The van der Waals surface area contributed by atoms with Crippen molar-refractivity contribution in [3.63, 3.8) is 0 Å². The molecular formula is C43H34Si. The minimum absolute atomic E-state index is 0.467. The highest BCUT2D eigenvalue weighted by atomic mass is 28.3. The molecule has 6 aromatic carbocycles. The SMILES string of the molecule is CC(C)CC1=Cc2ccc3c(-c4cc(-c5ccccc5)cc(-c5ccccc5)c4)c2C1[SiH]1c2ccccc2-c2cccc-3c21. The predicted octanol–water partition coefficient (Wildman–Crippen LogP) is 9.76. The summed E-state index contributed by atoms with van der Waals surface area (Å²) in [7, 11) is -1.63. The second kappa shape index (κ2) is 9.91. The molecule has 1 aliphatic carbocycles. The van der Waals surface area contributed by atoms with Gasteiger partial charge in [0.2, 0.25) is 0 Å². The van der Waals surface area contributed by atoms with Gasteiger partial charge in [-0.1, -0.05) is 141 Å². The maximum absolute atomic E-state index is 2.58. The van der Waals surface area contributed by atoms with Crippen molar-refractivity contribution >= 4 is 25.2 Å².